The molecule has 2 aromatic rings. The van der Waals surface area contributed by atoms with E-state index in [0.29, 0.717) is 0 Å². The van der Waals surface area contributed by atoms with Gasteiger partial charge in [0, 0.05) is 18.4 Å². The number of carbonyl (C=O) groups is 2. The van der Waals surface area contributed by atoms with Gasteiger partial charge in [-0.2, -0.15) is 0 Å². The minimum absolute atomic E-state index is 0.0551. The molecule has 0 radical (unpaired) electrons. The van der Waals surface area contributed by atoms with Gasteiger partial charge in [0.05, 0.1) is 12.6 Å². The Labute approximate surface area is 155 Å². The molecule has 0 unspecified atom stereocenters. The van der Waals surface area contributed by atoms with E-state index in [2.05, 4.69) is 12.2 Å². The third-order valence-corrected chi connectivity index (χ3v) is 4.56. The van der Waals surface area contributed by atoms with Gasteiger partial charge >= 0.3 is 0 Å². The highest BCUT2D eigenvalue weighted by atomic mass is 16.2. The highest BCUT2D eigenvalue weighted by Crippen LogP contribution is 2.16. The normalized spacial score (nSPS) is 11.9. The zero-order valence-corrected chi connectivity index (χ0v) is 15.9. The molecule has 2 aromatic carbocycles. The summed E-state index contributed by atoms with van der Waals surface area (Å²) in [4.78, 5) is 28.4. The molecule has 0 aromatic heterocycles. The molecule has 0 aliphatic rings. The zero-order chi connectivity index (χ0) is 19.1. The van der Waals surface area contributed by atoms with Crippen molar-refractivity contribution in [2.45, 2.75) is 26.3 Å². The number of carbonyl (C=O) groups excluding carboxylic acids is 2. The van der Waals surface area contributed by atoms with Crippen LogP contribution in [0.3, 0.4) is 0 Å². The largest absolute Gasteiger partial charge is 0.325 e. The fourth-order valence-corrected chi connectivity index (χ4v) is 2.75. The van der Waals surface area contributed by atoms with Gasteiger partial charge in [0.2, 0.25) is 11.8 Å². The molecule has 0 spiro atoms. The molecular weight excluding hydrogens is 326 g/mol. The van der Waals surface area contributed by atoms with E-state index < -0.39 is 6.04 Å². The summed E-state index contributed by atoms with van der Waals surface area (Å²) < 4.78 is 0. The van der Waals surface area contributed by atoms with Crippen LogP contribution >= 0.6 is 0 Å². The van der Waals surface area contributed by atoms with Gasteiger partial charge in [-0.1, -0.05) is 43.3 Å². The number of hydrogen-bond donors (Lipinski definition) is 1. The van der Waals surface area contributed by atoms with Crippen molar-refractivity contribution in [3.63, 3.8) is 0 Å². The van der Waals surface area contributed by atoms with Crippen molar-refractivity contribution in [3.8, 4) is 0 Å². The van der Waals surface area contributed by atoms with Crippen molar-refractivity contribution in [3.05, 3.63) is 60.2 Å². The Hall–Kier alpha value is -2.66. The number of likely N-dealkylation sites (N-methyl/N-ethyl adjacent to an activating group) is 2. The Kier molecular flexibility index (Phi) is 6.92. The first-order valence-electron chi connectivity index (χ1n) is 8.84. The third kappa shape index (κ3) is 4.92. The molecule has 0 heterocycles. The molecule has 0 fully saturated rings. The first-order chi connectivity index (χ1) is 12.4. The van der Waals surface area contributed by atoms with Crippen molar-refractivity contribution in [2.75, 3.05) is 30.9 Å². The van der Waals surface area contributed by atoms with E-state index in [1.807, 2.05) is 61.5 Å². The molecule has 5 heteroatoms. The number of anilines is 2. The lowest BCUT2D eigenvalue weighted by Gasteiger charge is -2.28. The van der Waals surface area contributed by atoms with Crippen LogP contribution in [0.1, 0.15) is 19.4 Å². The third-order valence-electron chi connectivity index (χ3n) is 4.56. The van der Waals surface area contributed by atoms with E-state index in [0.717, 1.165) is 23.4 Å². The van der Waals surface area contributed by atoms with E-state index in [4.69, 9.17) is 0 Å². The number of nitrogens with zero attached hydrogens (tertiary/aromatic N) is 2. The molecule has 2 amide bonds. The molecule has 138 valence electrons. The van der Waals surface area contributed by atoms with Crippen molar-refractivity contribution in [2.24, 2.45) is 0 Å². The summed E-state index contributed by atoms with van der Waals surface area (Å²) in [6.07, 6.45) is 0.850. The molecule has 0 bridgehead atoms. The van der Waals surface area contributed by atoms with Gasteiger partial charge in [-0.25, -0.2) is 0 Å². The maximum Gasteiger partial charge on any atom is 0.243 e. The second-order valence-electron chi connectivity index (χ2n) is 6.38. The van der Waals surface area contributed by atoms with Crippen molar-refractivity contribution in [1.29, 1.82) is 0 Å². The van der Waals surface area contributed by atoms with E-state index in [9.17, 15) is 9.59 Å². The maximum absolute atomic E-state index is 12.7. The van der Waals surface area contributed by atoms with Crippen LogP contribution in [0.15, 0.2) is 54.6 Å². The quantitative estimate of drug-likeness (QED) is 0.832. The number of hydrogen-bond acceptors (Lipinski definition) is 3. The predicted octanol–water partition coefficient (Wildman–Crippen LogP) is 3.17. The zero-order valence-electron chi connectivity index (χ0n) is 15.9. The number of aryl methyl sites for hydroxylation is 1. The van der Waals surface area contributed by atoms with Crippen LogP contribution in [0.25, 0.3) is 0 Å². The second kappa shape index (κ2) is 9.15. The van der Waals surface area contributed by atoms with Crippen molar-refractivity contribution in [1.82, 2.24) is 4.90 Å². The van der Waals surface area contributed by atoms with Crippen LogP contribution in [0.4, 0.5) is 11.4 Å². The SMILES string of the molecule is CCc1ccccc1NC(=O)CN(C)[C@@H](C)C(=O)N(C)c1ccccc1. The molecular formula is C21H27N3O2. The summed E-state index contributed by atoms with van der Waals surface area (Å²) in [6, 6.07) is 16.8. The average molecular weight is 353 g/mol. The molecule has 2 rings (SSSR count). The molecule has 0 aliphatic carbocycles. The summed E-state index contributed by atoms with van der Waals surface area (Å²) in [5.74, 6) is -0.184. The number of amides is 2. The summed E-state index contributed by atoms with van der Waals surface area (Å²) >= 11 is 0. The smallest absolute Gasteiger partial charge is 0.243 e. The van der Waals surface area contributed by atoms with E-state index in [1.165, 1.54) is 0 Å². The molecule has 1 N–H and O–H groups in total. The van der Waals surface area contributed by atoms with Gasteiger partial charge in [-0.15, -0.1) is 0 Å². The van der Waals surface area contributed by atoms with E-state index in [1.54, 1.807) is 23.9 Å². The standard InChI is InChI=1S/C21H27N3O2/c1-5-17-11-9-10-14-19(17)22-20(25)15-23(3)16(2)21(26)24(4)18-12-7-6-8-13-18/h6-14,16H,5,15H2,1-4H3,(H,22,25)/t16-/m0/s1. The topological polar surface area (TPSA) is 52.7 Å². The Morgan fingerprint density at radius 2 is 1.62 bits per heavy atom. The van der Waals surface area contributed by atoms with Gasteiger partial charge in [-0.05, 0) is 44.2 Å². The Bertz CT molecular complexity index is 746. The van der Waals surface area contributed by atoms with Gasteiger partial charge in [-0.3, -0.25) is 14.5 Å². The number of para-hydroxylation sites is 2. The molecule has 0 saturated heterocycles. The lowest BCUT2D eigenvalue weighted by Crippen LogP contribution is -2.46. The number of benzene rings is 2. The van der Waals surface area contributed by atoms with Gasteiger partial charge < -0.3 is 10.2 Å². The molecule has 0 saturated carbocycles. The minimum atomic E-state index is -0.410. The molecule has 0 aliphatic heterocycles. The first kappa shape index (κ1) is 19.7. The summed E-state index contributed by atoms with van der Waals surface area (Å²) in [5, 5.41) is 2.94. The lowest BCUT2D eigenvalue weighted by atomic mass is 10.1. The first-order valence-corrected chi connectivity index (χ1v) is 8.84. The summed E-state index contributed by atoms with van der Waals surface area (Å²) in [6.45, 7) is 4.01. The van der Waals surface area contributed by atoms with Crippen LogP contribution in [0, 0.1) is 0 Å². The molecule has 5 nitrogen and oxygen atoms in total. The van der Waals surface area contributed by atoms with Crippen molar-refractivity contribution < 1.29 is 9.59 Å². The number of rotatable bonds is 7. The van der Waals surface area contributed by atoms with Crippen LogP contribution in [0.5, 0.6) is 0 Å². The molecule has 1 atom stereocenters. The summed E-state index contributed by atoms with van der Waals surface area (Å²) in [7, 11) is 3.53. The Balaban J connectivity index is 1.96. The predicted molar refractivity (Wildman–Crippen MR) is 106 cm³/mol. The van der Waals surface area contributed by atoms with Crippen molar-refractivity contribution >= 4 is 23.2 Å². The van der Waals surface area contributed by atoms with Gasteiger partial charge in [0.1, 0.15) is 0 Å². The Morgan fingerprint density at radius 1 is 1.00 bits per heavy atom. The fraction of sp³-hybridized carbons (Fsp3) is 0.333. The highest BCUT2D eigenvalue weighted by molar-refractivity contribution is 5.97. The monoisotopic (exact) mass is 353 g/mol. The van der Waals surface area contributed by atoms with E-state index in [-0.39, 0.29) is 18.4 Å². The van der Waals surface area contributed by atoms with Crippen LogP contribution < -0.4 is 10.2 Å². The number of nitrogens with one attached hydrogen (secondary N) is 1. The fourth-order valence-electron chi connectivity index (χ4n) is 2.75. The minimum Gasteiger partial charge on any atom is -0.325 e. The van der Waals surface area contributed by atoms with E-state index >= 15 is 0 Å². The average Bonchev–Trinajstić information content (AvgIpc) is 2.67. The second-order valence-corrected chi connectivity index (χ2v) is 6.38. The highest BCUT2D eigenvalue weighted by Gasteiger charge is 2.24. The summed E-state index contributed by atoms with van der Waals surface area (Å²) in [5.41, 5.74) is 2.75. The van der Waals surface area contributed by atoms with Gasteiger partial charge in [0.25, 0.3) is 0 Å². The Morgan fingerprint density at radius 3 is 2.27 bits per heavy atom. The lowest BCUT2D eigenvalue weighted by molar-refractivity contribution is -0.124. The van der Waals surface area contributed by atoms with Crippen LogP contribution in [-0.4, -0.2) is 43.4 Å². The van der Waals surface area contributed by atoms with Crippen LogP contribution in [-0.2, 0) is 16.0 Å². The van der Waals surface area contributed by atoms with Gasteiger partial charge in [0.15, 0.2) is 0 Å². The van der Waals surface area contributed by atoms with Crippen LogP contribution in [0.2, 0.25) is 0 Å². The maximum atomic E-state index is 12.7. The molecule has 26 heavy (non-hydrogen) atoms.